The minimum Gasteiger partial charge on any atom is -0.468 e. The van der Waals surface area contributed by atoms with Crippen LogP contribution >= 0.6 is 6.42 Å². The topological polar surface area (TPSA) is 159 Å². The SMILES string of the molecule is CNc1nc(N)nc2c1ncn2[C@@H]1O[C@](F)(COP(=S)(Cc2ccccc2)N[C@H](C)C(=O)OC)[C@@H](O)[C@@]1(C)F. The Labute approximate surface area is 228 Å². The van der Waals surface area contributed by atoms with Crippen LogP contribution in [0.15, 0.2) is 36.7 Å². The van der Waals surface area contributed by atoms with E-state index in [9.17, 15) is 9.90 Å². The third-order valence-electron chi connectivity index (χ3n) is 6.31. The van der Waals surface area contributed by atoms with Crippen molar-refractivity contribution in [1.82, 2.24) is 24.6 Å². The van der Waals surface area contributed by atoms with Crippen LogP contribution in [0.5, 0.6) is 0 Å². The normalized spacial score (nSPS) is 27.3. The number of carbonyl (C=O) groups is 1. The maximum atomic E-state index is 16.2. The summed E-state index contributed by atoms with van der Waals surface area (Å²) in [5, 5.41) is 16.5. The van der Waals surface area contributed by atoms with E-state index in [4.69, 9.17) is 31.5 Å². The van der Waals surface area contributed by atoms with Gasteiger partial charge in [0.1, 0.15) is 19.1 Å². The van der Waals surface area contributed by atoms with E-state index in [0.717, 1.165) is 17.1 Å². The number of nitrogens with one attached hydrogen (secondary N) is 2. The maximum Gasteiger partial charge on any atom is 0.322 e. The van der Waals surface area contributed by atoms with Crippen molar-refractivity contribution in [3.8, 4) is 0 Å². The van der Waals surface area contributed by atoms with Gasteiger partial charge >= 0.3 is 5.97 Å². The number of fused-ring (bicyclic) bond motifs is 1. The molecule has 6 atom stereocenters. The maximum absolute atomic E-state index is 16.2. The summed E-state index contributed by atoms with van der Waals surface area (Å²) in [6.07, 6.45) is -5.86. The number of aromatic nitrogens is 4. The standard InChI is InChI=1S/C23H30F2N7O5PS/c1-13(18(33)35-4)31-38(39,10-14-8-6-5-7-9-14)36-11-23(25)19(34)22(2,24)20(37-23)32-12-28-15-16(27-3)29-21(26)30-17(15)32/h5-9,12-13,19-20,34H,10-11H2,1-4H3,(H,31,39)(H3,26,27,29,30)/t13-,19+,20-,22-,23-,38?/m1/s1. The van der Waals surface area contributed by atoms with Crippen molar-refractivity contribution in [1.29, 1.82) is 0 Å². The summed E-state index contributed by atoms with van der Waals surface area (Å²) in [6, 6.07) is 8.13. The first-order valence-corrected chi connectivity index (χ1v) is 14.8. The number of rotatable bonds is 10. The fourth-order valence-corrected chi connectivity index (χ4v) is 7.42. The molecule has 0 aliphatic carbocycles. The van der Waals surface area contributed by atoms with Crippen LogP contribution in [0, 0.1) is 0 Å². The highest BCUT2D eigenvalue weighted by Crippen LogP contribution is 2.53. The van der Waals surface area contributed by atoms with E-state index in [-0.39, 0.29) is 29.1 Å². The fraction of sp³-hybridized carbons (Fsp3) is 0.478. The number of benzene rings is 1. The Bertz CT molecular complexity index is 1400. The Balaban J connectivity index is 1.62. The molecule has 212 valence electrons. The average molecular weight is 586 g/mol. The van der Waals surface area contributed by atoms with Gasteiger partial charge in [0.05, 0.1) is 13.4 Å². The van der Waals surface area contributed by atoms with Gasteiger partial charge in [-0.15, -0.1) is 0 Å². The molecule has 1 unspecified atom stereocenters. The van der Waals surface area contributed by atoms with Crippen molar-refractivity contribution in [2.45, 2.75) is 49.9 Å². The highest BCUT2D eigenvalue weighted by molar-refractivity contribution is 8.10. The first kappa shape index (κ1) is 29.2. The van der Waals surface area contributed by atoms with E-state index < -0.39 is 48.9 Å². The van der Waals surface area contributed by atoms with Gasteiger partial charge in [-0.25, -0.2) is 13.8 Å². The molecule has 1 aromatic carbocycles. The van der Waals surface area contributed by atoms with Gasteiger partial charge in [0.2, 0.25) is 5.95 Å². The molecule has 1 fully saturated rings. The number of hydrogen-bond donors (Lipinski definition) is 4. The first-order chi connectivity index (χ1) is 18.3. The van der Waals surface area contributed by atoms with Gasteiger partial charge in [0.15, 0.2) is 35.0 Å². The lowest BCUT2D eigenvalue weighted by molar-refractivity contribution is -0.201. The van der Waals surface area contributed by atoms with Gasteiger partial charge in [-0.3, -0.25) is 14.4 Å². The molecule has 3 heterocycles. The number of methoxy groups -OCH3 is 1. The smallest absolute Gasteiger partial charge is 0.322 e. The quantitative estimate of drug-likeness (QED) is 0.204. The van der Waals surface area contributed by atoms with E-state index in [1.165, 1.54) is 20.4 Å². The summed E-state index contributed by atoms with van der Waals surface area (Å²) in [5.74, 6) is -3.47. The number of nitrogens with two attached hydrogens (primary N) is 1. The Morgan fingerprint density at radius 2 is 2.05 bits per heavy atom. The van der Waals surface area contributed by atoms with Crippen molar-refractivity contribution >= 4 is 47.1 Å². The van der Waals surface area contributed by atoms with Gasteiger partial charge in [-0.1, -0.05) is 30.3 Å². The van der Waals surface area contributed by atoms with E-state index in [1.54, 1.807) is 31.3 Å². The highest BCUT2D eigenvalue weighted by atomic mass is 32.4. The molecule has 12 nitrogen and oxygen atoms in total. The Hall–Kier alpha value is -2.81. The van der Waals surface area contributed by atoms with E-state index in [0.29, 0.717) is 0 Å². The number of imidazole rings is 1. The van der Waals surface area contributed by atoms with Crippen LogP contribution < -0.4 is 16.1 Å². The summed E-state index contributed by atoms with van der Waals surface area (Å²) in [6.45, 7) is 1.59. The van der Waals surface area contributed by atoms with Crippen molar-refractivity contribution < 1.29 is 32.7 Å². The summed E-state index contributed by atoms with van der Waals surface area (Å²) < 4.78 is 49.4. The molecule has 1 aliphatic heterocycles. The number of esters is 1. The third kappa shape index (κ3) is 5.74. The third-order valence-corrected chi connectivity index (χ3v) is 9.44. The molecule has 4 rings (SSSR count). The molecule has 16 heteroatoms. The molecule has 3 aromatic rings. The number of ether oxygens (including phenoxy) is 2. The summed E-state index contributed by atoms with van der Waals surface area (Å²) in [5.41, 5.74) is 4.20. The van der Waals surface area contributed by atoms with Crippen LogP contribution in [0.4, 0.5) is 20.5 Å². The number of anilines is 2. The predicted molar refractivity (Wildman–Crippen MR) is 144 cm³/mol. The molecule has 0 spiro atoms. The Morgan fingerprint density at radius 1 is 1.36 bits per heavy atom. The van der Waals surface area contributed by atoms with E-state index in [2.05, 4.69) is 25.4 Å². The van der Waals surface area contributed by atoms with Crippen LogP contribution in [0.25, 0.3) is 11.2 Å². The van der Waals surface area contributed by atoms with Gasteiger partial charge in [0.25, 0.3) is 5.85 Å². The number of aliphatic hydroxyl groups is 1. The first-order valence-electron chi connectivity index (χ1n) is 11.9. The number of alkyl halides is 2. The van der Waals surface area contributed by atoms with Crippen molar-refractivity contribution in [3.63, 3.8) is 0 Å². The van der Waals surface area contributed by atoms with Crippen LogP contribution in [-0.4, -0.2) is 75.0 Å². The molecule has 39 heavy (non-hydrogen) atoms. The molecular weight excluding hydrogens is 555 g/mol. The number of hydrogen-bond acceptors (Lipinski definition) is 11. The molecule has 5 N–H and O–H groups in total. The second-order valence-electron chi connectivity index (χ2n) is 9.28. The molecule has 0 bridgehead atoms. The number of halogens is 2. The zero-order valence-corrected chi connectivity index (χ0v) is 23.4. The Morgan fingerprint density at radius 3 is 2.69 bits per heavy atom. The minimum absolute atomic E-state index is 0.0702. The number of carbonyl (C=O) groups excluding carboxylic acids is 1. The number of nitrogens with zero attached hydrogens (tertiary/aromatic N) is 4. The summed E-state index contributed by atoms with van der Waals surface area (Å²) in [7, 11) is 2.81. The summed E-state index contributed by atoms with van der Waals surface area (Å²) >= 11 is 5.74. The Kier molecular flexibility index (Phi) is 8.22. The van der Waals surface area contributed by atoms with Crippen molar-refractivity contribution in [2.24, 2.45) is 0 Å². The number of nitrogen functional groups attached to an aromatic ring is 1. The van der Waals surface area contributed by atoms with Crippen LogP contribution in [0.2, 0.25) is 0 Å². The monoisotopic (exact) mass is 585 g/mol. The average Bonchev–Trinajstić information content (AvgIpc) is 3.39. The minimum atomic E-state index is -3.20. The largest absolute Gasteiger partial charge is 0.468 e. The van der Waals surface area contributed by atoms with Crippen molar-refractivity contribution in [2.75, 3.05) is 31.8 Å². The molecule has 1 aliphatic rings. The van der Waals surface area contributed by atoms with Crippen LogP contribution in [0.1, 0.15) is 25.6 Å². The highest BCUT2D eigenvalue weighted by Gasteiger charge is 2.65. The van der Waals surface area contributed by atoms with Gasteiger partial charge in [-0.05, 0) is 31.2 Å². The van der Waals surface area contributed by atoms with Gasteiger partial charge < -0.3 is 30.2 Å². The second-order valence-corrected chi connectivity index (χ2v) is 13.2. The zero-order chi connectivity index (χ0) is 28.6. The summed E-state index contributed by atoms with van der Waals surface area (Å²) in [4.78, 5) is 24.4. The zero-order valence-electron chi connectivity index (χ0n) is 21.7. The molecule has 0 amide bonds. The fourth-order valence-electron chi connectivity index (χ4n) is 4.31. The van der Waals surface area contributed by atoms with Gasteiger partial charge in [-0.2, -0.15) is 9.97 Å². The second kappa shape index (κ2) is 11.0. The number of aliphatic hydroxyl groups excluding tert-OH is 1. The molecule has 2 aromatic heterocycles. The predicted octanol–water partition coefficient (Wildman–Crippen LogP) is 2.41. The lowest BCUT2D eigenvalue weighted by Gasteiger charge is -2.30. The molecule has 0 radical (unpaired) electrons. The van der Waals surface area contributed by atoms with Crippen LogP contribution in [-0.2, 0) is 36.8 Å². The molecule has 0 saturated carbocycles. The van der Waals surface area contributed by atoms with E-state index in [1.807, 2.05) is 6.07 Å². The molecule has 1 saturated heterocycles. The van der Waals surface area contributed by atoms with Crippen molar-refractivity contribution in [3.05, 3.63) is 42.2 Å². The van der Waals surface area contributed by atoms with Gasteiger partial charge in [0, 0.05) is 13.2 Å². The van der Waals surface area contributed by atoms with Crippen LogP contribution in [0.3, 0.4) is 0 Å². The lowest BCUT2D eigenvalue weighted by Crippen LogP contribution is -2.47. The lowest BCUT2D eigenvalue weighted by atomic mass is 9.97. The molecular formula is C23H30F2N7O5PS. The van der Waals surface area contributed by atoms with E-state index >= 15 is 8.78 Å².